The Bertz CT molecular complexity index is 1190. The van der Waals surface area contributed by atoms with E-state index in [1.54, 1.807) is 6.07 Å². The number of ether oxygens (including phenoxy) is 1. The van der Waals surface area contributed by atoms with Gasteiger partial charge in [0.15, 0.2) is 0 Å². The first-order chi connectivity index (χ1) is 14.6. The molecule has 0 fully saturated rings. The van der Waals surface area contributed by atoms with Crippen molar-refractivity contribution in [3.63, 3.8) is 0 Å². The number of aromatic carboxylic acids is 1. The van der Waals surface area contributed by atoms with Crippen LogP contribution in [0.2, 0.25) is 0 Å². The Morgan fingerprint density at radius 3 is 2.33 bits per heavy atom. The SMILES string of the molecule is O=C(O)c1cccc(-c2ccccc2-c2cc(Br)ccc2OCc2ccccc2)n1. The molecule has 0 amide bonds. The summed E-state index contributed by atoms with van der Waals surface area (Å²) in [7, 11) is 0. The summed E-state index contributed by atoms with van der Waals surface area (Å²) in [6, 6.07) is 28.6. The van der Waals surface area contributed by atoms with Gasteiger partial charge in [-0.05, 0) is 41.5 Å². The van der Waals surface area contributed by atoms with Gasteiger partial charge in [-0.15, -0.1) is 0 Å². The van der Waals surface area contributed by atoms with Crippen molar-refractivity contribution in [2.45, 2.75) is 6.61 Å². The number of carboxylic acid groups (broad SMARTS) is 1. The van der Waals surface area contributed by atoms with Gasteiger partial charge < -0.3 is 9.84 Å². The Morgan fingerprint density at radius 2 is 1.57 bits per heavy atom. The molecule has 3 aromatic carbocycles. The van der Waals surface area contributed by atoms with Crippen LogP contribution < -0.4 is 4.74 Å². The zero-order valence-corrected chi connectivity index (χ0v) is 17.5. The van der Waals surface area contributed by atoms with Gasteiger partial charge >= 0.3 is 5.97 Å². The largest absolute Gasteiger partial charge is 0.488 e. The van der Waals surface area contributed by atoms with Gasteiger partial charge in [0.25, 0.3) is 0 Å². The third kappa shape index (κ3) is 4.42. The number of aromatic nitrogens is 1. The molecule has 0 atom stereocenters. The summed E-state index contributed by atoms with van der Waals surface area (Å²) in [5.41, 5.74) is 4.34. The number of carboxylic acids is 1. The lowest BCUT2D eigenvalue weighted by Crippen LogP contribution is -2.01. The average Bonchev–Trinajstić information content (AvgIpc) is 2.79. The Kier molecular flexibility index (Phi) is 5.91. The molecule has 0 aliphatic heterocycles. The smallest absolute Gasteiger partial charge is 0.354 e. The first kappa shape index (κ1) is 19.9. The van der Waals surface area contributed by atoms with E-state index >= 15 is 0 Å². The Balaban J connectivity index is 1.77. The summed E-state index contributed by atoms with van der Waals surface area (Å²) in [5, 5.41) is 9.31. The molecule has 4 nitrogen and oxygen atoms in total. The number of halogens is 1. The van der Waals surface area contributed by atoms with E-state index in [2.05, 4.69) is 20.9 Å². The molecule has 0 spiro atoms. The molecule has 148 valence electrons. The third-order valence-corrected chi connectivity index (χ3v) is 5.13. The number of hydrogen-bond acceptors (Lipinski definition) is 3. The van der Waals surface area contributed by atoms with E-state index in [0.29, 0.717) is 12.3 Å². The fourth-order valence-corrected chi connectivity index (χ4v) is 3.58. The molecular weight excluding hydrogens is 442 g/mol. The van der Waals surface area contributed by atoms with E-state index < -0.39 is 5.97 Å². The minimum atomic E-state index is -1.05. The van der Waals surface area contributed by atoms with Crippen molar-refractivity contribution < 1.29 is 14.6 Å². The van der Waals surface area contributed by atoms with Crippen molar-refractivity contribution in [1.29, 1.82) is 0 Å². The molecule has 0 saturated heterocycles. The topological polar surface area (TPSA) is 59.4 Å². The zero-order chi connectivity index (χ0) is 20.9. The predicted molar refractivity (Wildman–Crippen MR) is 121 cm³/mol. The van der Waals surface area contributed by atoms with Crippen LogP contribution in [0.1, 0.15) is 16.1 Å². The summed E-state index contributed by atoms with van der Waals surface area (Å²) >= 11 is 3.55. The average molecular weight is 460 g/mol. The van der Waals surface area contributed by atoms with Gasteiger partial charge in [-0.3, -0.25) is 0 Å². The van der Waals surface area contributed by atoms with E-state index in [-0.39, 0.29) is 5.69 Å². The molecule has 0 unspecified atom stereocenters. The van der Waals surface area contributed by atoms with Crippen molar-refractivity contribution in [1.82, 2.24) is 4.98 Å². The van der Waals surface area contributed by atoms with Gasteiger partial charge in [0.05, 0.1) is 5.69 Å². The van der Waals surface area contributed by atoms with Gasteiger partial charge in [-0.1, -0.05) is 76.6 Å². The summed E-state index contributed by atoms with van der Waals surface area (Å²) in [4.78, 5) is 15.7. The summed E-state index contributed by atoms with van der Waals surface area (Å²) < 4.78 is 7.07. The van der Waals surface area contributed by atoms with E-state index in [1.165, 1.54) is 6.07 Å². The molecule has 0 radical (unpaired) electrons. The number of pyridine rings is 1. The first-order valence-corrected chi connectivity index (χ1v) is 10.2. The minimum Gasteiger partial charge on any atom is -0.488 e. The summed E-state index contributed by atoms with van der Waals surface area (Å²) in [6.45, 7) is 0.449. The summed E-state index contributed by atoms with van der Waals surface area (Å²) in [5.74, 6) is -0.312. The normalized spacial score (nSPS) is 10.6. The van der Waals surface area contributed by atoms with Crippen molar-refractivity contribution in [3.05, 3.63) is 107 Å². The van der Waals surface area contributed by atoms with E-state index in [9.17, 15) is 9.90 Å². The van der Waals surface area contributed by atoms with Crippen molar-refractivity contribution in [3.8, 4) is 28.1 Å². The van der Waals surface area contributed by atoms with E-state index in [1.807, 2.05) is 78.9 Å². The molecule has 30 heavy (non-hydrogen) atoms. The minimum absolute atomic E-state index is 0.0112. The third-order valence-electron chi connectivity index (χ3n) is 4.64. The van der Waals surface area contributed by atoms with Crippen LogP contribution in [0.5, 0.6) is 5.75 Å². The highest BCUT2D eigenvalue weighted by atomic mass is 79.9. The van der Waals surface area contributed by atoms with Crippen LogP contribution in [0.25, 0.3) is 22.4 Å². The molecule has 0 aliphatic rings. The second-order valence-electron chi connectivity index (χ2n) is 6.67. The lowest BCUT2D eigenvalue weighted by atomic mass is 9.96. The van der Waals surface area contributed by atoms with Gasteiger partial charge in [-0.2, -0.15) is 0 Å². The van der Waals surface area contributed by atoms with Crippen LogP contribution in [-0.2, 0) is 6.61 Å². The number of benzene rings is 3. The lowest BCUT2D eigenvalue weighted by Gasteiger charge is -2.15. The molecular formula is C25H18BrNO3. The highest BCUT2D eigenvalue weighted by Gasteiger charge is 2.15. The summed E-state index contributed by atoms with van der Waals surface area (Å²) in [6.07, 6.45) is 0. The fourth-order valence-electron chi connectivity index (χ4n) is 3.22. The van der Waals surface area contributed by atoms with Crippen LogP contribution >= 0.6 is 15.9 Å². The van der Waals surface area contributed by atoms with Crippen LogP contribution in [-0.4, -0.2) is 16.1 Å². The van der Waals surface area contributed by atoms with Gasteiger partial charge in [0.2, 0.25) is 0 Å². The second kappa shape index (κ2) is 8.93. The Morgan fingerprint density at radius 1 is 0.833 bits per heavy atom. The molecule has 0 bridgehead atoms. The maximum atomic E-state index is 11.4. The van der Waals surface area contributed by atoms with Crippen LogP contribution in [0.3, 0.4) is 0 Å². The number of carbonyl (C=O) groups is 1. The fraction of sp³-hybridized carbons (Fsp3) is 0.0400. The number of nitrogens with zero attached hydrogens (tertiary/aromatic N) is 1. The van der Waals surface area contributed by atoms with Crippen molar-refractivity contribution in [2.24, 2.45) is 0 Å². The van der Waals surface area contributed by atoms with Crippen LogP contribution in [0, 0.1) is 0 Å². The molecule has 5 heteroatoms. The van der Waals surface area contributed by atoms with Crippen LogP contribution in [0.4, 0.5) is 0 Å². The van der Waals surface area contributed by atoms with Crippen molar-refractivity contribution in [2.75, 3.05) is 0 Å². The van der Waals surface area contributed by atoms with Crippen LogP contribution in [0.15, 0.2) is 95.5 Å². The number of hydrogen-bond donors (Lipinski definition) is 1. The highest BCUT2D eigenvalue weighted by molar-refractivity contribution is 9.10. The van der Waals surface area contributed by atoms with Gasteiger partial charge in [-0.25, -0.2) is 9.78 Å². The van der Waals surface area contributed by atoms with Gasteiger partial charge in [0.1, 0.15) is 18.1 Å². The lowest BCUT2D eigenvalue weighted by molar-refractivity contribution is 0.0690. The molecule has 1 N–H and O–H groups in total. The standard InChI is InChI=1S/C25H18BrNO3/c26-18-13-14-24(30-16-17-7-2-1-3-8-17)21(15-18)19-9-4-5-10-20(19)22-11-6-12-23(27-22)25(28)29/h1-15H,16H2,(H,28,29). The van der Waals surface area contributed by atoms with E-state index in [4.69, 9.17) is 4.74 Å². The molecule has 4 aromatic rings. The maximum Gasteiger partial charge on any atom is 0.354 e. The number of rotatable bonds is 6. The Hall–Kier alpha value is -3.44. The van der Waals surface area contributed by atoms with E-state index in [0.717, 1.165) is 32.5 Å². The monoisotopic (exact) mass is 459 g/mol. The predicted octanol–water partition coefficient (Wildman–Crippen LogP) is 6.46. The first-order valence-electron chi connectivity index (χ1n) is 9.38. The molecule has 0 saturated carbocycles. The maximum absolute atomic E-state index is 11.4. The zero-order valence-electron chi connectivity index (χ0n) is 16.0. The quantitative estimate of drug-likeness (QED) is 0.359. The second-order valence-corrected chi connectivity index (χ2v) is 7.59. The molecule has 1 heterocycles. The molecule has 0 aliphatic carbocycles. The van der Waals surface area contributed by atoms with Crippen molar-refractivity contribution >= 4 is 21.9 Å². The molecule has 1 aromatic heterocycles. The highest BCUT2D eigenvalue weighted by Crippen LogP contribution is 2.38. The Labute approximate surface area is 182 Å². The molecule has 4 rings (SSSR count). The van der Waals surface area contributed by atoms with Gasteiger partial charge in [0, 0.05) is 15.6 Å².